The van der Waals surface area contributed by atoms with Crippen molar-refractivity contribution in [1.82, 2.24) is 4.90 Å². The quantitative estimate of drug-likeness (QED) is 0.645. The molecule has 1 fully saturated rings. The van der Waals surface area contributed by atoms with Gasteiger partial charge in [0.15, 0.2) is 0 Å². The van der Waals surface area contributed by atoms with Crippen LogP contribution < -0.4 is 10.5 Å². The first kappa shape index (κ1) is 16.0. The summed E-state index contributed by atoms with van der Waals surface area (Å²) in [7, 11) is 0. The predicted molar refractivity (Wildman–Crippen MR) is 80.2 cm³/mol. The van der Waals surface area contributed by atoms with Crippen LogP contribution in [0.15, 0.2) is 24.3 Å². The number of para-hydroxylation sites is 2. The van der Waals surface area contributed by atoms with Crippen LogP contribution in [0, 0.1) is 0 Å². The van der Waals surface area contributed by atoms with Crippen LogP contribution >= 0.6 is 0 Å². The maximum Gasteiger partial charge on any atom is 0.142 e. The maximum absolute atomic E-state index is 10.1. The van der Waals surface area contributed by atoms with Crippen LogP contribution in [-0.2, 0) is 4.74 Å². The van der Waals surface area contributed by atoms with Gasteiger partial charge in [-0.25, -0.2) is 0 Å². The Morgan fingerprint density at radius 1 is 1.43 bits per heavy atom. The van der Waals surface area contributed by atoms with Gasteiger partial charge in [0.25, 0.3) is 0 Å². The second-order valence-corrected chi connectivity index (χ2v) is 5.47. The topological polar surface area (TPSA) is 88.2 Å². The number of aliphatic hydroxyl groups excluding tert-OH is 2. The van der Waals surface area contributed by atoms with Gasteiger partial charge in [0.05, 0.1) is 24.5 Å². The Morgan fingerprint density at radius 3 is 2.90 bits per heavy atom. The Bertz CT molecular complexity index is 443. The number of nitrogen functional groups attached to an aromatic ring is 1. The van der Waals surface area contributed by atoms with Gasteiger partial charge < -0.3 is 25.4 Å². The molecule has 1 aromatic rings. The number of anilines is 1. The summed E-state index contributed by atoms with van der Waals surface area (Å²) in [5.41, 5.74) is 6.34. The minimum Gasteiger partial charge on any atom is -0.489 e. The zero-order chi connectivity index (χ0) is 15.2. The van der Waals surface area contributed by atoms with E-state index in [4.69, 9.17) is 15.2 Å². The summed E-state index contributed by atoms with van der Waals surface area (Å²) in [6.07, 6.45) is -0.755. The van der Waals surface area contributed by atoms with Gasteiger partial charge in [-0.15, -0.1) is 0 Å². The fourth-order valence-corrected chi connectivity index (χ4v) is 2.54. The van der Waals surface area contributed by atoms with Gasteiger partial charge in [0.1, 0.15) is 18.5 Å². The highest BCUT2D eigenvalue weighted by molar-refractivity contribution is 5.51. The van der Waals surface area contributed by atoms with E-state index in [0.29, 0.717) is 24.5 Å². The zero-order valence-corrected chi connectivity index (χ0v) is 12.3. The second kappa shape index (κ2) is 7.61. The van der Waals surface area contributed by atoms with E-state index in [-0.39, 0.29) is 25.4 Å². The molecule has 1 saturated heterocycles. The fraction of sp³-hybridized carbons (Fsp3) is 0.600. The smallest absolute Gasteiger partial charge is 0.142 e. The molecule has 0 bridgehead atoms. The lowest BCUT2D eigenvalue weighted by atomic mass is 10.2. The third-order valence-electron chi connectivity index (χ3n) is 3.42. The first-order valence-corrected chi connectivity index (χ1v) is 7.22. The van der Waals surface area contributed by atoms with E-state index in [0.717, 1.165) is 6.54 Å². The van der Waals surface area contributed by atoms with Crippen molar-refractivity contribution in [2.24, 2.45) is 0 Å². The monoisotopic (exact) mass is 296 g/mol. The highest BCUT2D eigenvalue weighted by Gasteiger charge is 2.26. The van der Waals surface area contributed by atoms with Crippen LogP contribution in [-0.4, -0.2) is 66.3 Å². The fourth-order valence-electron chi connectivity index (χ4n) is 2.54. The molecule has 21 heavy (non-hydrogen) atoms. The molecule has 1 aromatic carbocycles. The molecule has 0 spiro atoms. The lowest BCUT2D eigenvalue weighted by Gasteiger charge is -2.36. The number of benzene rings is 1. The Labute approximate surface area is 125 Å². The molecule has 1 heterocycles. The molecule has 6 heteroatoms. The van der Waals surface area contributed by atoms with Gasteiger partial charge in [-0.3, -0.25) is 4.90 Å². The molecule has 1 aliphatic rings. The molecule has 6 nitrogen and oxygen atoms in total. The van der Waals surface area contributed by atoms with Crippen molar-refractivity contribution in [2.45, 2.75) is 25.2 Å². The number of nitrogens with zero attached hydrogens (tertiary/aromatic N) is 1. The van der Waals surface area contributed by atoms with Gasteiger partial charge in [-0.05, 0) is 19.1 Å². The Hall–Kier alpha value is -1.34. The van der Waals surface area contributed by atoms with Gasteiger partial charge in [-0.2, -0.15) is 0 Å². The highest BCUT2D eigenvalue weighted by Crippen LogP contribution is 2.20. The zero-order valence-electron chi connectivity index (χ0n) is 12.3. The second-order valence-electron chi connectivity index (χ2n) is 5.47. The van der Waals surface area contributed by atoms with E-state index in [1.807, 2.05) is 19.1 Å². The van der Waals surface area contributed by atoms with E-state index in [1.54, 1.807) is 12.1 Å². The molecule has 118 valence electrons. The number of ether oxygens (including phenoxy) is 2. The predicted octanol–water partition coefficient (Wildman–Crippen LogP) is 0.0901. The largest absolute Gasteiger partial charge is 0.489 e. The number of β-amino-alcohol motifs (C(OH)–C–C–N with tert-alkyl or cyclic N) is 1. The van der Waals surface area contributed by atoms with Crippen LogP contribution in [0.25, 0.3) is 0 Å². The average Bonchev–Trinajstić information content (AvgIpc) is 2.45. The van der Waals surface area contributed by atoms with Crippen molar-refractivity contribution >= 4 is 5.69 Å². The molecule has 0 saturated carbocycles. The molecule has 0 aliphatic carbocycles. The molecule has 0 radical (unpaired) electrons. The molecule has 1 aliphatic heterocycles. The van der Waals surface area contributed by atoms with Crippen molar-refractivity contribution < 1.29 is 19.7 Å². The molecule has 4 N–H and O–H groups in total. The number of morpholine rings is 1. The minimum atomic E-state index is -0.616. The summed E-state index contributed by atoms with van der Waals surface area (Å²) in [4.78, 5) is 2.08. The standard InChI is InChI=1S/C15H24N2O4/c1-11-6-17(8-13(9-18)21-11)7-12(19)10-20-15-5-3-2-4-14(15)16/h2-5,11-13,18-19H,6-10,16H2,1H3. The Kier molecular flexibility index (Phi) is 5.81. The van der Waals surface area contributed by atoms with Crippen LogP contribution in [0.2, 0.25) is 0 Å². The number of aliphatic hydroxyl groups is 2. The summed E-state index contributed by atoms with van der Waals surface area (Å²) in [5, 5.41) is 19.3. The first-order chi connectivity index (χ1) is 10.1. The van der Waals surface area contributed by atoms with Crippen LogP contribution in [0.1, 0.15) is 6.92 Å². The van der Waals surface area contributed by atoms with E-state index in [9.17, 15) is 10.2 Å². The maximum atomic E-state index is 10.1. The van der Waals surface area contributed by atoms with Gasteiger partial charge in [0.2, 0.25) is 0 Å². The average molecular weight is 296 g/mol. The summed E-state index contributed by atoms with van der Waals surface area (Å²) >= 11 is 0. The third kappa shape index (κ3) is 4.86. The number of nitrogens with two attached hydrogens (primary N) is 1. The molecular weight excluding hydrogens is 272 g/mol. The van der Waals surface area contributed by atoms with E-state index < -0.39 is 6.10 Å². The van der Waals surface area contributed by atoms with E-state index in [2.05, 4.69) is 4.90 Å². The van der Waals surface area contributed by atoms with Crippen molar-refractivity contribution in [3.63, 3.8) is 0 Å². The van der Waals surface area contributed by atoms with Crippen molar-refractivity contribution in [1.29, 1.82) is 0 Å². The molecular formula is C15H24N2O4. The van der Waals surface area contributed by atoms with E-state index >= 15 is 0 Å². The number of hydrogen-bond donors (Lipinski definition) is 3. The normalized spacial score (nSPS) is 24.7. The summed E-state index contributed by atoms with van der Waals surface area (Å²) in [6, 6.07) is 7.22. The van der Waals surface area contributed by atoms with Gasteiger partial charge >= 0.3 is 0 Å². The van der Waals surface area contributed by atoms with Crippen molar-refractivity contribution in [3.05, 3.63) is 24.3 Å². The van der Waals surface area contributed by atoms with Crippen LogP contribution in [0.5, 0.6) is 5.75 Å². The minimum absolute atomic E-state index is 0.00597. The number of hydrogen-bond acceptors (Lipinski definition) is 6. The molecule has 0 amide bonds. The number of rotatable bonds is 6. The molecule has 2 rings (SSSR count). The first-order valence-electron chi connectivity index (χ1n) is 7.22. The Morgan fingerprint density at radius 2 is 2.19 bits per heavy atom. The van der Waals surface area contributed by atoms with Crippen molar-refractivity contribution in [2.75, 3.05) is 38.6 Å². The lowest BCUT2D eigenvalue weighted by molar-refractivity contribution is -0.103. The lowest BCUT2D eigenvalue weighted by Crippen LogP contribution is -2.50. The highest BCUT2D eigenvalue weighted by atomic mass is 16.5. The molecule has 0 aromatic heterocycles. The SMILES string of the molecule is CC1CN(CC(O)COc2ccccc2N)CC(CO)O1. The van der Waals surface area contributed by atoms with Gasteiger partial charge in [-0.1, -0.05) is 12.1 Å². The summed E-state index contributed by atoms with van der Waals surface area (Å²) in [5.74, 6) is 0.583. The summed E-state index contributed by atoms with van der Waals surface area (Å²) < 4.78 is 11.1. The third-order valence-corrected chi connectivity index (χ3v) is 3.42. The molecule has 3 unspecified atom stereocenters. The summed E-state index contributed by atoms with van der Waals surface area (Å²) in [6.45, 7) is 3.98. The van der Waals surface area contributed by atoms with Crippen LogP contribution in [0.3, 0.4) is 0 Å². The molecule has 3 atom stereocenters. The van der Waals surface area contributed by atoms with Crippen LogP contribution in [0.4, 0.5) is 5.69 Å². The Balaban J connectivity index is 1.79. The van der Waals surface area contributed by atoms with Crippen molar-refractivity contribution in [3.8, 4) is 5.75 Å². The van der Waals surface area contributed by atoms with Gasteiger partial charge in [0, 0.05) is 19.6 Å². The van der Waals surface area contributed by atoms with E-state index in [1.165, 1.54) is 0 Å².